The van der Waals surface area contributed by atoms with Crippen molar-refractivity contribution in [3.05, 3.63) is 131 Å². The van der Waals surface area contributed by atoms with Gasteiger partial charge in [-0.1, -0.05) is 24.3 Å². The SMILES string of the molecule is Cc1ccccc1Oc1ccc(N2C(=S)N[C@H](c3ccccn3)[C@@H]2c2ccc(-c3cc(C(=O)O)cc(C(=O)O)c3)o2)cc1. The van der Waals surface area contributed by atoms with Crippen molar-refractivity contribution < 1.29 is 29.0 Å². The van der Waals surface area contributed by atoms with E-state index in [0.717, 1.165) is 28.8 Å². The summed E-state index contributed by atoms with van der Waals surface area (Å²) in [4.78, 5) is 29.9. The Bertz CT molecular complexity index is 1810. The average molecular weight is 592 g/mol. The van der Waals surface area contributed by atoms with Crippen LogP contribution in [0.15, 0.2) is 108 Å². The largest absolute Gasteiger partial charge is 0.478 e. The number of para-hydroxylation sites is 1. The molecule has 3 aromatic carbocycles. The van der Waals surface area contributed by atoms with Crippen molar-refractivity contribution in [3.8, 4) is 22.8 Å². The second kappa shape index (κ2) is 11.4. The average Bonchev–Trinajstić information content (AvgIpc) is 3.64. The molecule has 1 saturated heterocycles. The fourth-order valence-corrected chi connectivity index (χ4v) is 5.42. The maximum absolute atomic E-state index is 11.7. The van der Waals surface area contributed by atoms with Crippen LogP contribution >= 0.6 is 12.2 Å². The van der Waals surface area contributed by atoms with Crippen molar-refractivity contribution >= 4 is 35.0 Å². The van der Waals surface area contributed by atoms with Crippen molar-refractivity contribution in [2.75, 3.05) is 4.90 Å². The highest BCUT2D eigenvalue weighted by Crippen LogP contribution is 2.43. The van der Waals surface area contributed by atoms with Gasteiger partial charge < -0.3 is 29.6 Å². The summed E-state index contributed by atoms with van der Waals surface area (Å²) < 4.78 is 12.4. The summed E-state index contributed by atoms with van der Waals surface area (Å²) in [5.74, 6) is -0.198. The fourth-order valence-electron chi connectivity index (χ4n) is 5.08. The van der Waals surface area contributed by atoms with Gasteiger partial charge in [-0.25, -0.2) is 9.59 Å². The van der Waals surface area contributed by atoms with Gasteiger partial charge in [-0.15, -0.1) is 0 Å². The first-order valence-corrected chi connectivity index (χ1v) is 13.8. The van der Waals surface area contributed by atoms with E-state index in [2.05, 4.69) is 10.3 Å². The summed E-state index contributed by atoms with van der Waals surface area (Å²) in [5.41, 5.74) is 2.58. The Balaban J connectivity index is 1.38. The molecule has 1 fully saturated rings. The molecule has 0 radical (unpaired) electrons. The van der Waals surface area contributed by atoms with Crippen LogP contribution in [0.1, 0.15) is 49.8 Å². The Labute approximate surface area is 252 Å². The van der Waals surface area contributed by atoms with Crippen LogP contribution in [-0.4, -0.2) is 32.2 Å². The zero-order chi connectivity index (χ0) is 30.1. The zero-order valence-electron chi connectivity index (χ0n) is 22.8. The number of hydrogen-bond acceptors (Lipinski definition) is 6. The molecule has 0 aliphatic carbocycles. The number of carboxylic acids is 2. The minimum absolute atomic E-state index is 0.155. The number of carbonyl (C=O) groups is 2. The van der Waals surface area contributed by atoms with E-state index in [1.165, 1.54) is 12.1 Å². The van der Waals surface area contributed by atoms with Crippen LogP contribution in [0.2, 0.25) is 0 Å². The highest BCUT2D eigenvalue weighted by atomic mass is 32.1. The summed E-state index contributed by atoms with van der Waals surface area (Å²) in [7, 11) is 0. The van der Waals surface area contributed by atoms with E-state index in [4.69, 9.17) is 21.4 Å². The third-order valence-electron chi connectivity index (χ3n) is 7.16. The molecule has 0 spiro atoms. The monoisotopic (exact) mass is 591 g/mol. The van der Waals surface area contributed by atoms with Crippen LogP contribution in [0, 0.1) is 6.92 Å². The second-order valence-corrected chi connectivity index (χ2v) is 10.4. The van der Waals surface area contributed by atoms with Gasteiger partial charge in [0, 0.05) is 17.4 Å². The Hall–Kier alpha value is -5.48. The molecule has 1 aliphatic heterocycles. The third-order valence-corrected chi connectivity index (χ3v) is 7.48. The van der Waals surface area contributed by atoms with Crippen LogP contribution in [0.25, 0.3) is 11.3 Å². The lowest BCUT2D eigenvalue weighted by molar-refractivity contribution is 0.0696. The van der Waals surface area contributed by atoms with Crippen molar-refractivity contribution in [2.45, 2.75) is 19.0 Å². The minimum Gasteiger partial charge on any atom is -0.478 e. The van der Waals surface area contributed by atoms with E-state index < -0.39 is 18.0 Å². The number of ether oxygens (including phenoxy) is 1. The molecule has 1 aliphatic rings. The van der Waals surface area contributed by atoms with E-state index in [-0.39, 0.29) is 17.2 Å². The van der Waals surface area contributed by atoms with Crippen LogP contribution in [0.4, 0.5) is 5.69 Å². The van der Waals surface area contributed by atoms with Gasteiger partial charge >= 0.3 is 11.9 Å². The smallest absolute Gasteiger partial charge is 0.335 e. The van der Waals surface area contributed by atoms with Gasteiger partial charge in [0.15, 0.2) is 5.11 Å². The lowest BCUT2D eigenvalue weighted by Gasteiger charge is -2.26. The molecule has 0 saturated carbocycles. The van der Waals surface area contributed by atoms with E-state index in [1.807, 2.05) is 78.6 Å². The quantitative estimate of drug-likeness (QED) is 0.162. The van der Waals surface area contributed by atoms with Gasteiger partial charge in [0.2, 0.25) is 0 Å². The molecule has 0 bridgehead atoms. The standard InChI is InChI=1S/C33H25N3O6S/c1-19-6-2-3-8-26(19)41-24-11-9-23(10-12-24)36-30(29(35-33(36)43)25-7-4-5-15-34-25)28-14-13-27(42-28)20-16-21(31(37)38)18-22(17-20)32(39)40/h2-18,29-30H,1H3,(H,35,43)(H,37,38)(H,39,40)/t29-,30+/m1/s1. The van der Waals surface area contributed by atoms with Crippen molar-refractivity contribution in [1.82, 2.24) is 10.3 Å². The molecule has 5 aromatic rings. The van der Waals surface area contributed by atoms with Gasteiger partial charge in [-0.3, -0.25) is 4.98 Å². The second-order valence-electron chi connectivity index (χ2n) is 9.97. The highest BCUT2D eigenvalue weighted by molar-refractivity contribution is 7.80. The minimum atomic E-state index is -1.24. The molecule has 214 valence electrons. The number of pyridine rings is 1. The van der Waals surface area contributed by atoms with Gasteiger partial charge in [0.1, 0.15) is 29.1 Å². The molecule has 10 heteroatoms. The van der Waals surface area contributed by atoms with E-state index in [0.29, 0.717) is 27.9 Å². The number of anilines is 1. The lowest BCUT2D eigenvalue weighted by atomic mass is 10.0. The molecule has 3 N–H and O–H groups in total. The first-order chi connectivity index (χ1) is 20.8. The molecule has 2 atom stereocenters. The van der Waals surface area contributed by atoms with Gasteiger partial charge in [0.25, 0.3) is 0 Å². The number of furan rings is 1. The van der Waals surface area contributed by atoms with Crippen molar-refractivity contribution in [1.29, 1.82) is 0 Å². The Kier molecular flexibility index (Phi) is 7.35. The summed E-state index contributed by atoms with van der Waals surface area (Å²) in [6.07, 6.45) is 1.70. The highest BCUT2D eigenvalue weighted by Gasteiger charge is 2.42. The number of thiocarbonyl (C=S) groups is 1. The molecule has 2 aromatic heterocycles. The molecule has 0 amide bonds. The van der Waals surface area contributed by atoms with Gasteiger partial charge in [-0.2, -0.15) is 0 Å². The summed E-state index contributed by atoms with van der Waals surface area (Å²) in [5, 5.41) is 22.9. The van der Waals surface area contributed by atoms with Crippen LogP contribution in [0.3, 0.4) is 0 Å². The van der Waals surface area contributed by atoms with Crippen LogP contribution in [-0.2, 0) is 0 Å². The lowest BCUT2D eigenvalue weighted by Crippen LogP contribution is -2.29. The summed E-state index contributed by atoms with van der Waals surface area (Å²) in [6, 6.07) is 27.5. The maximum atomic E-state index is 11.7. The van der Waals surface area contributed by atoms with Crippen molar-refractivity contribution in [2.24, 2.45) is 0 Å². The Morgan fingerprint density at radius 2 is 1.60 bits per heavy atom. The number of aromatic carboxylic acids is 2. The fraction of sp³-hybridized carbons (Fsp3) is 0.0909. The topological polar surface area (TPSA) is 125 Å². The first-order valence-electron chi connectivity index (χ1n) is 13.3. The molecular formula is C33H25N3O6S. The number of hydrogen-bond donors (Lipinski definition) is 3. The number of carboxylic acid groups (broad SMARTS) is 2. The first kappa shape index (κ1) is 27.7. The third kappa shape index (κ3) is 5.55. The zero-order valence-corrected chi connectivity index (χ0v) is 23.6. The number of aromatic nitrogens is 1. The molecule has 9 nitrogen and oxygen atoms in total. The van der Waals surface area contributed by atoms with E-state index in [1.54, 1.807) is 18.3 Å². The molecule has 43 heavy (non-hydrogen) atoms. The van der Waals surface area contributed by atoms with Crippen LogP contribution < -0.4 is 15.0 Å². The van der Waals surface area contributed by atoms with E-state index >= 15 is 0 Å². The molecule has 0 unspecified atom stereocenters. The Morgan fingerprint density at radius 1 is 0.907 bits per heavy atom. The summed E-state index contributed by atoms with van der Waals surface area (Å²) >= 11 is 5.81. The van der Waals surface area contributed by atoms with Gasteiger partial charge in [0.05, 0.1) is 22.9 Å². The predicted octanol–water partition coefficient (Wildman–Crippen LogP) is 7.02. The van der Waals surface area contributed by atoms with E-state index in [9.17, 15) is 19.8 Å². The summed E-state index contributed by atoms with van der Waals surface area (Å²) in [6.45, 7) is 1.98. The van der Waals surface area contributed by atoms with Crippen LogP contribution in [0.5, 0.6) is 11.5 Å². The van der Waals surface area contributed by atoms with Gasteiger partial charge in [-0.05, 0) is 97.5 Å². The number of nitrogens with zero attached hydrogens (tertiary/aromatic N) is 2. The molecule has 6 rings (SSSR count). The number of nitrogens with one attached hydrogen (secondary N) is 1. The number of rotatable bonds is 8. The molecular weight excluding hydrogens is 566 g/mol. The predicted molar refractivity (Wildman–Crippen MR) is 164 cm³/mol. The Morgan fingerprint density at radius 3 is 2.26 bits per heavy atom. The number of benzene rings is 3. The molecule has 3 heterocycles. The number of aryl methyl sites for hydroxylation is 1. The maximum Gasteiger partial charge on any atom is 0.335 e. The van der Waals surface area contributed by atoms with Crippen molar-refractivity contribution in [3.63, 3.8) is 0 Å². The normalized spacial score (nSPS) is 16.1.